The Hall–Kier alpha value is -1.36. The zero-order valence-corrected chi connectivity index (χ0v) is 7.82. The van der Waals surface area contributed by atoms with Crippen molar-refractivity contribution in [2.45, 2.75) is 12.5 Å². The lowest BCUT2D eigenvalue weighted by Crippen LogP contribution is -2.41. The highest BCUT2D eigenvalue weighted by molar-refractivity contribution is 5.81. The standard InChI is InChI=1S/C8H14N4O/c1-12(2)8(13)7(9)3-6-4-10-5-11-6/h4-5,7H,3,9H2,1-2H3,(H,10,11)/t7-/m0/s1. The summed E-state index contributed by atoms with van der Waals surface area (Å²) in [5.74, 6) is -0.0744. The number of hydrogen-bond donors (Lipinski definition) is 2. The van der Waals surface area contributed by atoms with Gasteiger partial charge < -0.3 is 15.6 Å². The molecule has 5 nitrogen and oxygen atoms in total. The van der Waals surface area contributed by atoms with Gasteiger partial charge in [-0.15, -0.1) is 0 Å². The van der Waals surface area contributed by atoms with Crippen LogP contribution in [0.15, 0.2) is 12.5 Å². The maximum Gasteiger partial charge on any atom is 0.239 e. The molecule has 5 heteroatoms. The van der Waals surface area contributed by atoms with Crippen LogP contribution in [-0.4, -0.2) is 40.9 Å². The van der Waals surface area contributed by atoms with Crippen molar-refractivity contribution in [1.29, 1.82) is 0 Å². The molecule has 1 heterocycles. The summed E-state index contributed by atoms with van der Waals surface area (Å²) in [6.07, 6.45) is 3.74. The fourth-order valence-electron chi connectivity index (χ4n) is 1.05. The molecule has 0 radical (unpaired) electrons. The normalized spacial score (nSPS) is 12.5. The second-order valence-corrected chi connectivity index (χ2v) is 3.12. The van der Waals surface area contributed by atoms with Gasteiger partial charge in [0.05, 0.1) is 12.4 Å². The Morgan fingerprint density at radius 2 is 2.46 bits per heavy atom. The van der Waals surface area contributed by atoms with Gasteiger partial charge in [-0.05, 0) is 0 Å². The summed E-state index contributed by atoms with van der Waals surface area (Å²) < 4.78 is 0. The van der Waals surface area contributed by atoms with Crippen molar-refractivity contribution in [2.75, 3.05) is 14.1 Å². The lowest BCUT2D eigenvalue weighted by atomic mass is 10.1. The summed E-state index contributed by atoms with van der Waals surface area (Å²) in [4.78, 5) is 19.6. The second kappa shape index (κ2) is 4.04. The molecule has 0 saturated carbocycles. The van der Waals surface area contributed by atoms with E-state index in [0.29, 0.717) is 6.42 Å². The van der Waals surface area contributed by atoms with E-state index in [1.54, 1.807) is 26.6 Å². The summed E-state index contributed by atoms with van der Waals surface area (Å²) in [6.45, 7) is 0. The fraction of sp³-hybridized carbons (Fsp3) is 0.500. The van der Waals surface area contributed by atoms with E-state index < -0.39 is 6.04 Å². The minimum Gasteiger partial charge on any atom is -0.348 e. The number of rotatable bonds is 3. The second-order valence-electron chi connectivity index (χ2n) is 3.12. The van der Waals surface area contributed by atoms with Gasteiger partial charge in [-0.25, -0.2) is 4.98 Å². The van der Waals surface area contributed by atoms with Gasteiger partial charge in [-0.2, -0.15) is 0 Å². The molecular weight excluding hydrogens is 168 g/mol. The molecule has 13 heavy (non-hydrogen) atoms. The molecule has 1 aromatic rings. The lowest BCUT2D eigenvalue weighted by molar-refractivity contribution is -0.130. The maximum absolute atomic E-state index is 11.3. The van der Waals surface area contributed by atoms with E-state index in [4.69, 9.17) is 5.73 Å². The minimum absolute atomic E-state index is 0.0744. The van der Waals surface area contributed by atoms with Gasteiger partial charge in [0.15, 0.2) is 0 Å². The number of amides is 1. The first-order valence-corrected chi connectivity index (χ1v) is 4.05. The van der Waals surface area contributed by atoms with E-state index in [0.717, 1.165) is 5.69 Å². The number of nitrogens with two attached hydrogens (primary N) is 1. The van der Waals surface area contributed by atoms with Crippen molar-refractivity contribution in [1.82, 2.24) is 14.9 Å². The van der Waals surface area contributed by atoms with Crippen molar-refractivity contribution >= 4 is 5.91 Å². The van der Waals surface area contributed by atoms with Gasteiger partial charge in [0, 0.05) is 32.4 Å². The average Bonchev–Trinajstić information content (AvgIpc) is 2.55. The van der Waals surface area contributed by atoms with E-state index in [9.17, 15) is 4.79 Å². The smallest absolute Gasteiger partial charge is 0.239 e. The van der Waals surface area contributed by atoms with Crippen molar-refractivity contribution in [3.05, 3.63) is 18.2 Å². The van der Waals surface area contributed by atoms with Gasteiger partial charge in [0.2, 0.25) is 5.91 Å². The molecule has 1 amide bonds. The summed E-state index contributed by atoms with van der Waals surface area (Å²) in [7, 11) is 3.38. The minimum atomic E-state index is -0.490. The molecule has 0 bridgehead atoms. The van der Waals surface area contributed by atoms with E-state index in [1.165, 1.54) is 4.90 Å². The third-order valence-corrected chi connectivity index (χ3v) is 1.75. The highest BCUT2D eigenvalue weighted by atomic mass is 16.2. The molecule has 1 rings (SSSR count). The SMILES string of the molecule is CN(C)C(=O)[C@@H](N)Cc1cnc[nH]1. The molecule has 0 unspecified atom stereocenters. The summed E-state index contributed by atoms with van der Waals surface area (Å²) in [5.41, 5.74) is 6.55. The first kappa shape index (κ1) is 9.73. The molecule has 0 saturated heterocycles. The van der Waals surface area contributed by atoms with Crippen LogP contribution in [0.3, 0.4) is 0 Å². The Morgan fingerprint density at radius 1 is 1.77 bits per heavy atom. The van der Waals surface area contributed by atoms with E-state index in [2.05, 4.69) is 9.97 Å². The monoisotopic (exact) mass is 182 g/mol. The van der Waals surface area contributed by atoms with Gasteiger partial charge in [-0.1, -0.05) is 0 Å². The van der Waals surface area contributed by atoms with Crippen LogP contribution >= 0.6 is 0 Å². The number of aromatic amines is 1. The van der Waals surface area contributed by atoms with Gasteiger partial charge in [0.25, 0.3) is 0 Å². The van der Waals surface area contributed by atoms with Crippen molar-refractivity contribution in [2.24, 2.45) is 5.73 Å². The molecule has 0 aliphatic rings. The Kier molecular flexibility index (Phi) is 3.02. The Balaban J connectivity index is 2.51. The molecule has 1 aromatic heterocycles. The van der Waals surface area contributed by atoms with Crippen LogP contribution in [0, 0.1) is 0 Å². The highest BCUT2D eigenvalue weighted by Gasteiger charge is 2.15. The van der Waals surface area contributed by atoms with Crippen LogP contribution in [0.2, 0.25) is 0 Å². The third-order valence-electron chi connectivity index (χ3n) is 1.75. The fourth-order valence-corrected chi connectivity index (χ4v) is 1.05. The molecule has 3 N–H and O–H groups in total. The first-order valence-electron chi connectivity index (χ1n) is 4.05. The third kappa shape index (κ3) is 2.55. The molecule has 0 spiro atoms. The van der Waals surface area contributed by atoms with Crippen LogP contribution in [0.1, 0.15) is 5.69 Å². The topological polar surface area (TPSA) is 75.0 Å². The zero-order valence-electron chi connectivity index (χ0n) is 7.82. The van der Waals surface area contributed by atoms with E-state index in [-0.39, 0.29) is 5.91 Å². The predicted octanol–water partition coefficient (Wildman–Crippen LogP) is -0.632. The summed E-state index contributed by atoms with van der Waals surface area (Å²) >= 11 is 0. The number of nitrogens with zero attached hydrogens (tertiary/aromatic N) is 2. The highest BCUT2D eigenvalue weighted by Crippen LogP contribution is 1.98. The van der Waals surface area contributed by atoms with Crippen LogP contribution in [0.4, 0.5) is 0 Å². The average molecular weight is 182 g/mol. The van der Waals surface area contributed by atoms with E-state index in [1.807, 2.05) is 0 Å². The number of likely N-dealkylation sites (N-methyl/N-ethyl adjacent to an activating group) is 1. The van der Waals surface area contributed by atoms with Gasteiger partial charge in [-0.3, -0.25) is 4.79 Å². The van der Waals surface area contributed by atoms with Crippen molar-refractivity contribution < 1.29 is 4.79 Å². The number of H-pyrrole nitrogens is 1. The van der Waals surface area contributed by atoms with Crippen LogP contribution in [0.25, 0.3) is 0 Å². The van der Waals surface area contributed by atoms with Crippen LogP contribution in [-0.2, 0) is 11.2 Å². The van der Waals surface area contributed by atoms with Crippen LogP contribution < -0.4 is 5.73 Å². The van der Waals surface area contributed by atoms with Gasteiger partial charge in [0.1, 0.15) is 0 Å². The molecule has 0 aromatic carbocycles. The number of carbonyl (C=O) groups is 1. The Labute approximate surface area is 76.9 Å². The Bertz CT molecular complexity index is 268. The maximum atomic E-state index is 11.3. The summed E-state index contributed by atoms with van der Waals surface area (Å²) in [5, 5.41) is 0. The van der Waals surface area contributed by atoms with Crippen LogP contribution in [0.5, 0.6) is 0 Å². The van der Waals surface area contributed by atoms with Gasteiger partial charge >= 0.3 is 0 Å². The molecule has 0 aliphatic carbocycles. The largest absolute Gasteiger partial charge is 0.348 e. The molecular formula is C8H14N4O. The summed E-state index contributed by atoms with van der Waals surface area (Å²) in [6, 6.07) is -0.490. The molecule has 1 atom stereocenters. The molecule has 72 valence electrons. The van der Waals surface area contributed by atoms with E-state index >= 15 is 0 Å². The first-order chi connectivity index (χ1) is 6.11. The Morgan fingerprint density at radius 3 is 2.92 bits per heavy atom. The number of carbonyl (C=O) groups excluding carboxylic acids is 1. The predicted molar refractivity (Wildman–Crippen MR) is 49.0 cm³/mol. The number of imidazole rings is 1. The number of hydrogen-bond acceptors (Lipinski definition) is 3. The molecule has 0 aliphatic heterocycles. The number of nitrogens with one attached hydrogen (secondary N) is 1. The zero-order chi connectivity index (χ0) is 9.84. The lowest BCUT2D eigenvalue weighted by Gasteiger charge is -2.15. The quantitative estimate of drug-likeness (QED) is 0.653. The van der Waals surface area contributed by atoms with Crippen molar-refractivity contribution in [3.63, 3.8) is 0 Å². The van der Waals surface area contributed by atoms with Crippen molar-refractivity contribution in [3.8, 4) is 0 Å². The molecule has 0 fully saturated rings. The number of aromatic nitrogens is 2.